The maximum Gasteiger partial charge on any atom is 0.0983 e. The fourth-order valence-electron chi connectivity index (χ4n) is 3.02. The van der Waals surface area contributed by atoms with Gasteiger partial charge < -0.3 is 5.32 Å². The lowest BCUT2D eigenvalue weighted by Crippen LogP contribution is -2.15. The van der Waals surface area contributed by atoms with Crippen molar-refractivity contribution < 1.29 is 0 Å². The number of nitrogens with zero attached hydrogens (tertiary/aromatic N) is 3. The molecule has 22 heavy (non-hydrogen) atoms. The molecule has 1 N–H and O–H groups in total. The van der Waals surface area contributed by atoms with E-state index in [1.807, 2.05) is 24.0 Å². The standard InChI is InChI=1S/C18H24N4/c1-22-14-17(18(21-22)16-8-5-10-19-12-16)13-20-11-9-15-6-3-2-4-7-15/h5-6,8,10,12,14,20H,2-4,7,9,11,13H2,1H3. The van der Waals surface area contributed by atoms with Crippen molar-refractivity contribution in [2.45, 2.75) is 38.6 Å². The quantitative estimate of drug-likeness (QED) is 0.655. The van der Waals surface area contributed by atoms with Gasteiger partial charge in [0.2, 0.25) is 0 Å². The number of aryl methyl sites for hydroxylation is 1. The lowest BCUT2D eigenvalue weighted by molar-refractivity contribution is 0.632. The Morgan fingerprint density at radius 1 is 1.32 bits per heavy atom. The Hall–Kier alpha value is -1.94. The third kappa shape index (κ3) is 3.83. The second-order valence-electron chi connectivity index (χ2n) is 5.95. The highest BCUT2D eigenvalue weighted by Gasteiger charge is 2.10. The van der Waals surface area contributed by atoms with Gasteiger partial charge in [-0.15, -0.1) is 0 Å². The van der Waals surface area contributed by atoms with E-state index in [2.05, 4.69) is 33.7 Å². The molecule has 3 rings (SSSR count). The van der Waals surface area contributed by atoms with Gasteiger partial charge in [0.15, 0.2) is 0 Å². The van der Waals surface area contributed by atoms with E-state index in [1.54, 1.807) is 11.8 Å². The molecule has 0 fully saturated rings. The molecule has 0 radical (unpaired) electrons. The third-order valence-electron chi connectivity index (χ3n) is 4.16. The SMILES string of the molecule is Cn1cc(CNCCC2=CCCCC2)c(-c2cccnc2)n1. The zero-order valence-corrected chi connectivity index (χ0v) is 13.3. The van der Waals surface area contributed by atoms with Crippen LogP contribution in [0.15, 0.2) is 42.4 Å². The summed E-state index contributed by atoms with van der Waals surface area (Å²) in [6, 6.07) is 4.02. The largest absolute Gasteiger partial charge is 0.312 e. The van der Waals surface area contributed by atoms with E-state index in [1.165, 1.54) is 37.7 Å². The molecule has 0 atom stereocenters. The van der Waals surface area contributed by atoms with Crippen LogP contribution in [0, 0.1) is 0 Å². The number of allylic oxidation sites excluding steroid dienone is 1. The third-order valence-corrected chi connectivity index (χ3v) is 4.16. The number of aromatic nitrogens is 3. The van der Waals surface area contributed by atoms with Crippen LogP contribution in [-0.2, 0) is 13.6 Å². The van der Waals surface area contributed by atoms with Crippen molar-refractivity contribution in [3.63, 3.8) is 0 Å². The van der Waals surface area contributed by atoms with Gasteiger partial charge in [0.1, 0.15) is 0 Å². The van der Waals surface area contributed by atoms with Gasteiger partial charge in [-0.05, 0) is 50.8 Å². The van der Waals surface area contributed by atoms with E-state index >= 15 is 0 Å². The minimum absolute atomic E-state index is 0.853. The first-order valence-electron chi connectivity index (χ1n) is 8.14. The summed E-state index contributed by atoms with van der Waals surface area (Å²) < 4.78 is 1.88. The van der Waals surface area contributed by atoms with E-state index in [4.69, 9.17) is 0 Å². The predicted octanol–water partition coefficient (Wildman–Crippen LogP) is 3.46. The molecule has 0 aliphatic heterocycles. The molecule has 2 heterocycles. The van der Waals surface area contributed by atoms with Crippen LogP contribution < -0.4 is 5.32 Å². The minimum Gasteiger partial charge on any atom is -0.312 e. The second kappa shape index (κ2) is 7.36. The molecule has 0 bridgehead atoms. The highest BCUT2D eigenvalue weighted by molar-refractivity contribution is 5.61. The summed E-state index contributed by atoms with van der Waals surface area (Å²) >= 11 is 0. The van der Waals surface area contributed by atoms with Gasteiger partial charge in [-0.3, -0.25) is 9.67 Å². The predicted molar refractivity (Wildman–Crippen MR) is 89.3 cm³/mol. The summed E-state index contributed by atoms with van der Waals surface area (Å²) in [7, 11) is 1.97. The number of hydrogen-bond donors (Lipinski definition) is 1. The monoisotopic (exact) mass is 296 g/mol. The van der Waals surface area contributed by atoms with Crippen LogP contribution in [0.3, 0.4) is 0 Å². The first kappa shape index (κ1) is 15.0. The van der Waals surface area contributed by atoms with E-state index in [0.29, 0.717) is 0 Å². The van der Waals surface area contributed by atoms with Crippen LogP contribution in [0.25, 0.3) is 11.3 Å². The fraction of sp³-hybridized carbons (Fsp3) is 0.444. The average molecular weight is 296 g/mol. The summed E-state index contributed by atoms with van der Waals surface area (Å²) in [6.07, 6.45) is 14.6. The van der Waals surface area contributed by atoms with Gasteiger partial charge in [-0.25, -0.2) is 0 Å². The average Bonchev–Trinajstić information content (AvgIpc) is 2.94. The maximum atomic E-state index is 4.57. The molecule has 1 aliphatic rings. The Morgan fingerprint density at radius 3 is 3.05 bits per heavy atom. The van der Waals surface area contributed by atoms with Gasteiger partial charge in [-0.2, -0.15) is 5.10 Å². The Bertz CT molecular complexity index is 628. The van der Waals surface area contributed by atoms with Crippen LogP contribution in [0.5, 0.6) is 0 Å². The molecule has 0 saturated heterocycles. The van der Waals surface area contributed by atoms with Crippen molar-refractivity contribution in [1.82, 2.24) is 20.1 Å². The Morgan fingerprint density at radius 2 is 2.27 bits per heavy atom. The summed E-state index contributed by atoms with van der Waals surface area (Å²) in [6.45, 7) is 1.89. The number of pyridine rings is 1. The van der Waals surface area contributed by atoms with Crippen LogP contribution >= 0.6 is 0 Å². The van der Waals surface area contributed by atoms with Gasteiger partial charge in [0, 0.05) is 43.3 Å². The molecular weight excluding hydrogens is 272 g/mol. The van der Waals surface area contributed by atoms with Gasteiger partial charge in [-0.1, -0.05) is 11.6 Å². The van der Waals surface area contributed by atoms with Crippen molar-refractivity contribution >= 4 is 0 Å². The fourth-order valence-corrected chi connectivity index (χ4v) is 3.02. The number of nitrogens with one attached hydrogen (secondary N) is 1. The van der Waals surface area contributed by atoms with E-state index < -0.39 is 0 Å². The molecule has 2 aromatic heterocycles. The molecule has 2 aromatic rings. The zero-order valence-electron chi connectivity index (χ0n) is 13.3. The number of rotatable bonds is 6. The molecule has 0 saturated carbocycles. The highest BCUT2D eigenvalue weighted by Crippen LogP contribution is 2.21. The van der Waals surface area contributed by atoms with Gasteiger partial charge in [0.25, 0.3) is 0 Å². The van der Waals surface area contributed by atoms with Crippen molar-refractivity contribution in [2.75, 3.05) is 6.54 Å². The first-order valence-corrected chi connectivity index (χ1v) is 8.14. The summed E-state index contributed by atoms with van der Waals surface area (Å²) in [5, 5.41) is 8.13. The van der Waals surface area contributed by atoms with Crippen molar-refractivity contribution in [1.29, 1.82) is 0 Å². The lowest BCUT2D eigenvalue weighted by atomic mass is 9.97. The lowest BCUT2D eigenvalue weighted by Gasteiger charge is -2.12. The van der Waals surface area contributed by atoms with Gasteiger partial charge >= 0.3 is 0 Å². The minimum atomic E-state index is 0.853. The van der Waals surface area contributed by atoms with Crippen molar-refractivity contribution in [3.05, 3.63) is 47.9 Å². The summed E-state index contributed by atoms with van der Waals surface area (Å²) in [5.74, 6) is 0. The van der Waals surface area contributed by atoms with Crippen LogP contribution in [-0.4, -0.2) is 21.3 Å². The second-order valence-corrected chi connectivity index (χ2v) is 5.95. The molecule has 0 spiro atoms. The molecule has 116 valence electrons. The molecule has 4 heteroatoms. The number of hydrogen-bond acceptors (Lipinski definition) is 3. The molecule has 4 nitrogen and oxygen atoms in total. The molecule has 1 aliphatic carbocycles. The smallest absolute Gasteiger partial charge is 0.0983 e. The molecular formula is C18H24N4. The highest BCUT2D eigenvalue weighted by atomic mass is 15.3. The zero-order chi connectivity index (χ0) is 15.2. The van der Waals surface area contributed by atoms with Crippen molar-refractivity contribution in [2.24, 2.45) is 7.05 Å². The van der Waals surface area contributed by atoms with Crippen LogP contribution in [0.1, 0.15) is 37.7 Å². The van der Waals surface area contributed by atoms with E-state index in [0.717, 1.165) is 24.3 Å². The van der Waals surface area contributed by atoms with E-state index in [9.17, 15) is 0 Å². The maximum absolute atomic E-state index is 4.57. The van der Waals surface area contributed by atoms with E-state index in [-0.39, 0.29) is 0 Å². The molecule has 0 unspecified atom stereocenters. The summed E-state index contributed by atoms with van der Waals surface area (Å²) in [5.41, 5.74) is 4.96. The Balaban J connectivity index is 1.57. The topological polar surface area (TPSA) is 42.7 Å². The van der Waals surface area contributed by atoms with Gasteiger partial charge in [0.05, 0.1) is 5.69 Å². The molecule has 0 amide bonds. The first-order chi connectivity index (χ1) is 10.8. The Kier molecular flexibility index (Phi) is 5.01. The van der Waals surface area contributed by atoms with Crippen LogP contribution in [0.4, 0.5) is 0 Å². The van der Waals surface area contributed by atoms with Crippen LogP contribution in [0.2, 0.25) is 0 Å². The molecule has 0 aromatic carbocycles. The normalized spacial score (nSPS) is 14.9. The Labute approximate surface area is 132 Å². The summed E-state index contributed by atoms with van der Waals surface area (Å²) in [4.78, 5) is 4.19. The van der Waals surface area contributed by atoms with Crippen molar-refractivity contribution in [3.8, 4) is 11.3 Å².